The highest BCUT2D eigenvalue weighted by atomic mass is 16.5. The lowest BCUT2D eigenvalue weighted by Gasteiger charge is -2.37. The zero-order valence-corrected chi connectivity index (χ0v) is 16.1. The number of benzene rings is 1. The Hall–Kier alpha value is -1.51. The lowest BCUT2D eigenvalue weighted by molar-refractivity contribution is -0.145. The number of rotatable bonds is 3. The van der Waals surface area contributed by atoms with Crippen molar-refractivity contribution < 1.29 is 14.3 Å². The number of hydrogen-bond acceptors (Lipinski definition) is 3. The summed E-state index contributed by atoms with van der Waals surface area (Å²) in [4.78, 5) is 11.8. The smallest absolute Gasteiger partial charge is 0.309 e. The van der Waals surface area contributed by atoms with Gasteiger partial charge in [-0.1, -0.05) is 26.8 Å². The number of methoxy groups -OCH3 is 1. The molecule has 3 heteroatoms. The Morgan fingerprint density at radius 3 is 2.40 bits per heavy atom. The summed E-state index contributed by atoms with van der Waals surface area (Å²) in [5, 5.41) is 0. The molecule has 3 nitrogen and oxygen atoms in total. The molecule has 25 heavy (non-hydrogen) atoms. The molecule has 0 saturated heterocycles. The van der Waals surface area contributed by atoms with Crippen LogP contribution >= 0.6 is 0 Å². The second kappa shape index (κ2) is 7.39. The summed E-state index contributed by atoms with van der Waals surface area (Å²) in [6, 6.07) is 6.41. The molecule has 1 aromatic carbocycles. The van der Waals surface area contributed by atoms with E-state index in [0.29, 0.717) is 11.5 Å². The first-order valence-electron chi connectivity index (χ1n) is 9.73. The molecule has 3 rings (SSSR count). The van der Waals surface area contributed by atoms with Crippen molar-refractivity contribution in [2.45, 2.75) is 71.8 Å². The number of aryl methyl sites for hydroxylation is 1. The molecule has 1 unspecified atom stereocenters. The zero-order valence-electron chi connectivity index (χ0n) is 16.1. The van der Waals surface area contributed by atoms with E-state index in [9.17, 15) is 4.79 Å². The summed E-state index contributed by atoms with van der Waals surface area (Å²) < 4.78 is 11.2. The summed E-state index contributed by atoms with van der Waals surface area (Å²) in [5.41, 5.74) is 3.01. The molecular weight excluding hydrogens is 312 g/mol. The highest BCUT2D eigenvalue weighted by Crippen LogP contribution is 2.39. The summed E-state index contributed by atoms with van der Waals surface area (Å²) >= 11 is 0. The molecule has 1 fully saturated rings. The van der Waals surface area contributed by atoms with Crippen LogP contribution in [0, 0.1) is 17.3 Å². The summed E-state index contributed by atoms with van der Waals surface area (Å²) in [7, 11) is 1.48. The van der Waals surface area contributed by atoms with Crippen molar-refractivity contribution in [3.63, 3.8) is 0 Å². The second-order valence-electron chi connectivity index (χ2n) is 8.85. The van der Waals surface area contributed by atoms with Gasteiger partial charge in [-0.3, -0.25) is 4.79 Å². The van der Waals surface area contributed by atoms with Crippen molar-refractivity contribution in [1.29, 1.82) is 0 Å². The predicted octanol–water partition coefficient (Wildman–Crippen LogP) is 4.95. The Balaban J connectivity index is 1.58. The van der Waals surface area contributed by atoms with Crippen molar-refractivity contribution in [3.8, 4) is 5.75 Å². The van der Waals surface area contributed by atoms with Gasteiger partial charge >= 0.3 is 5.97 Å². The average Bonchev–Trinajstić information content (AvgIpc) is 2.60. The number of carbonyl (C=O) groups is 1. The minimum Gasteiger partial charge on any atom is -0.490 e. The number of hydrogen-bond donors (Lipinski definition) is 0. The standard InChI is InChI=1S/C22H32O3/c1-22(2,3)18-8-11-19(12-9-18)25-20-10-7-15-13-17(21(23)24-4)6-5-16(15)14-20/h7,10,14,17-19H,5-6,8-9,11-13H2,1-4H3. The molecule has 2 aliphatic carbocycles. The molecule has 1 atom stereocenters. The van der Waals surface area contributed by atoms with Gasteiger partial charge < -0.3 is 9.47 Å². The maximum atomic E-state index is 11.8. The maximum absolute atomic E-state index is 11.8. The van der Waals surface area contributed by atoms with Crippen LogP contribution in [0.25, 0.3) is 0 Å². The predicted molar refractivity (Wildman–Crippen MR) is 99.8 cm³/mol. The van der Waals surface area contributed by atoms with Crippen molar-refractivity contribution in [2.75, 3.05) is 7.11 Å². The molecule has 0 radical (unpaired) electrons. The Morgan fingerprint density at radius 2 is 1.76 bits per heavy atom. The van der Waals surface area contributed by atoms with Crippen LogP contribution in [0.4, 0.5) is 0 Å². The molecular formula is C22H32O3. The Kier molecular flexibility index (Phi) is 5.41. The van der Waals surface area contributed by atoms with Crippen molar-refractivity contribution in [1.82, 2.24) is 0 Å². The molecule has 0 heterocycles. The van der Waals surface area contributed by atoms with Gasteiger partial charge in [-0.2, -0.15) is 0 Å². The highest BCUT2D eigenvalue weighted by molar-refractivity contribution is 5.73. The van der Waals surface area contributed by atoms with Crippen molar-refractivity contribution >= 4 is 5.97 Å². The molecule has 2 aliphatic rings. The molecule has 138 valence electrons. The van der Waals surface area contributed by atoms with Gasteiger partial charge in [-0.05, 0) is 79.5 Å². The van der Waals surface area contributed by atoms with Crippen LogP contribution in [0.3, 0.4) is 0 Å². The van der Waals surface area contributed by atoms with Gasteiger partial charge in [0.1, 0.15) is 5.75 Å². The maximum Gasteiger partial charge on any atom is 0.309 e. The van der Waals surface area contributed by atoms with Crippen LogP contribution in [0.5, 0.6) is 5.75 Å². The third-order valence-electron chi connectivity index (χ3n) is 6.14. The first-order chi connectivity index (χ1) is 11.9. The van der Waals surface area contributed by atoms with Crippen LogP contribution in [0.1, 0.15) is 64.0 Å². The quantitative estimate of drug-likeness (QED) is 0.728. The van der Waals surface area contributed by atoms with Gasteiger partial charge in [0.05, 0.1) is 19.1 Å². The van der Waals surface area contributed by atoms with E-state index in [0.717, 1.165) is 43.8 Å². The molecule has 0 aromatic heterocycles. The van der Waals surface area contributed by atoms with Gasteiger partial charge in [-0.15, -0.1) is 0 Å². The van der Waals surface area contributed by atoms with E-state index in [4.69, 9.17) is 9.47 Å². The van der Waals surface area contributed by atoms with Crippen molar-refractivity contribution in [3.05, 3.63) is 29.3 Å². The van der Waals surface area contributed by atoms with Gasteiger partial charge in [-0.25, -0.2) is 0 Å². The molecule has 0 amide bonds. The Morgan fingerprint density at radius 1 is 1.04 bits per heavy atom. The SMILES string of the molecule is COC(=O)C1CCc2cc(OC3CCC(C(C)(C)C)CC3)ccc2C1. The van der Waals surface area contributed by atoms with Gasteiger partial charge in [0.15, 0.2) is 0 Å². The first-order valence-corrected chi connectivity index (χ1v) is 9.73. The van der Waals surface area contributed by atoms with Crippen LogP contribution in [-0.4, -0.2) is 19.2 Å². The van der Waals surface area contributed by atoms with Gasteiger partial charge in [0.25, 0.3) is 0 Å². The lowest BCUT2D eigenvalue weighted by Crippen LogP contribution is -2.30. The minimum atomic E-state index is -0.0819. The van der Waals surface area contributed by atoms with Crippen molar-refractivity contribution in [2.24, 2.45) is 17.3 Å². The van der Waals surface area contributed by atoms with E-state index < -0.39 is 0 Å². The lowest BCUT2D eigenvalue weighted by atomic mass is 9.72. The van der Waals surface area contributed by atoms with Crippen LogP contribution in [0.2, 0.25) is 0 Å². The minimum absolute atomic E-state index is 0.0111. The third-order valence-corrected chi connectivity index (χ3v) is 6.14. The van der Waals surface area contributed by atoms with E-state index >= 15 is 0 Å². The fraction of sp³-hybridized carbons (Fsp3) is 0.682. The Labute approximate surface area is 152 Å². The molecule has 0 aliphatic heterocycles. The molecule has 0 bridgehead atoms. The van der Waals surface area contributed by atoms with Crippen LogP contribution in [-0.2, 0) is 22.4 Å². The molecule has 0 spiro atoms. The second-order valence-corrected chi connectivity index (χ2v) is 8.85. The van der Waals surface area contributed by atoms with E-state index in [1.165, 1.54) is 31.1 Å². The van der Waals surface area contributed by atoms with Gasteiger partial charge in [0, 0.05) is 0 Å². The third kappa shape index (κ3) is 4.37. The molecule has 1 aromatic rings. The molecule has 1 saturated carbocycles. The normalized spacial score (nSPS) is 26.6. The van der Waals surface area contributed by atoms with E-state index in [1.807, 2.05) is 0 Å². The van der Waals surface area contributed by atoms with Crippen LogP contribution < -0.4 is 4.74 Å². The highest BCUT2D eigenvalue weighted by Gasteiger charge is 2.31. The van der Waals surface area contributed by atoms with E-state index in [-0.39, 0.29) is 11.9 Å². The van der Waals surface area contributed by atoms with E-state index in [1.54, 1.807) is 0 Å². The summed E-state index contributed by atoms with van der Waals surface area (Å²) in [6.07, 6.45) is 7.79. The first kappa shape index (κ1) is 18.3. The zero-order chi connectivity index (χ0) is 18.0. The van der Waals surface area contributed by atoms with Gasteiger partial charge in [0.2, 0.25) is 0 Å². The monoisotopic (exact) mass is 344 g/mol. The summed E-state index contributed by atoms with van der Waals surface area (Å²) in [5.74, 6) is 1.74. The number of carbonyl (C=O) groups excluding carboxylic acids is 1. The Bertz CT molecular complexity index is 606. The van der Waals surface area contributed by atoms with E-state index in [2.05, 4.69) is 39.0 Å². The largest absolute Gasteiger partial charge is 0.490 e. The summed E-state index contributed by atoms with van der Waals surface area (Å²) in [6.45, 7) is 7.05. The number of ether oxygens (including phenoxy) is 2. The fourth-order valence-electron chi connectivity index (χ4n) is 4.41. The number of fused-ring (bicyclic) bond motifs is 1. The number of esters is 1. The topological polar surface area (TPSA) is 35.5 Å². The molecule has 0 N–H and O–H groups in total. The van der Waals surface area contributed by atoms with Crippen LogP contribution in [0.15, 0.2) is 18.2 Å². The fourth-order valence-corrected chi connectivity index (χ4v) is 4.41. The average molecular weight is 344 g/mol.